The van der Waals surface area contributed by atoms with Gasteiger partial charge in [-0.15, -0.1) is 0 Å². The first kappa shape index (κ1) is 24.5. The third kappa shape index (κ3) is 5.37. The Hall–Kier alpha value is -2.62. The molecule has 0 spiro atoms. The summed E-state index contributed by atoms with van der Waals surface area (Å²) in [5.74, 6) is 0.111. The van der Waals surface area contributed by atoms with Gasteiger partial charge in [-0.1, -0.05) is 37.6 Å². The lowest BCUT2D eigenvalue weighted by atomic mass is 9.94. The fraction of sp³-hybridized carbons (Fsp3) is 0.417. The molecule has 182 valence electrons. The molecule has 1 fully saturated rings. The monoisotopic (exact) mass is 505 g/mol. The van der Waals surface area contributed by atoms with Crippen LogP contribution in [0.2, 0.25) is 5.02 Å². The summed E-state index contributed by atoms with van der Waals surface area (Å²) in [5, 5.41) is 3.38. The summed E-state index contributed by atoms with van der Waals surface area (Å²) in [6.45, 7) is 4.81. The third-order valence-electron chi connectivity index (χ3n) is 6.05. The standard InChI is InChI=1S/C24H28ClN3O5S/c1-16-9-17(2)13-27(12-16)34(31,32)20-7-8-22-21(10-20)28(24(30)15-33-22)14-23(29)26-11-18-3-5-19(25)6-4-18/h3-8,10,16-17H,9,11-15H2,1-2H3,(H,26,29)/t16-,17-/m0/s1. The SMILES string of the molecule is C[C@H]1C[C@H](C)CN(S(=O)(=O)c2ccc3c(c2)N(CC(=O)NCc2ccc(Cl)cc2)C(=O)CO3)C1. The fourth-order valence-corrected chi connectivity index (χ4v) is 6.30. The van der Waals surface area contributed by atoms with Gasteiger partial charge in [0.1, 0.15) is 12.3 Å². The number of hydrogen-bond acceptors (Lipinski definition) is 5. The van der Waals surface area contributed by atoms with E-state index in [0.717, 1.165) is 12.0 Å². The number of amides is 2. The smallest absolute Gasteiger partial charge is 0.265 e. The Balaban J connectivity index is 1.53. The number of anilines is 1. The highest BCUT2D eigenvalue weighted by Gasteiger charge is 2.34. The van der Waals surface area contributed by atoms with Crippen molar-refractivity contribution in [2.45, 2.75) is 31.7 Å². The first-order chi connectivity index (χ1) is 16.1. The number of nitrogens with one attached hydrogen (secondary N) is 1. The number of hydrogen-bond donors (Lipinski definition) is 1. The van der Waals surface area contributed by atoms with Crippen LogP contribution >= 0.6 is 11.6 Å². The molecule has 1 saturated heterocycles. The normalized spacial score (nSPS) is 21.0. The Bertz CT molecular complexity index is 1180. The molecule has 0 saturated carbocycles. The molecular weight excluding hydrogens is 478 g/mol. The molecule has 0 aliphatic carbocycles. The van der Waals surface area contributed by atoms with Crippen molar-refractivity contribution >= 4 is 39.1 Å². The first-order valence-corrected chi connectivity index (χ1v) is 13.0. The topological polar surface area (TPSA) is 96.0 Å². The largest absolute Gasteiger partial charge is 0.482 e. The minimum Gasteiger partial charge on any atom is -0.482 e. The molecule has 10 heteroatoms. The zero-order chi connectivity index (χ0) is 24.5. The molecule has 4 rings (SSSR count). The van der Waals surface area contributed by atoms with Gasteiger partial charge < -0.3 is 10.1 Å². The summed E-state index contributed by atoms with van der Waals surface area (Å²) in [4.78, 5) is 26.6. The number of carbonyl (C=O) groups excluding carboxylic acids is 2. The van der Waals surface area contributed by atoms with E-state index in [1.165, 1.54) is 21.3 Å². The van der Waals surface area contributed by atoms with Gasteiger partial charge in [0, 0.05) is 24.7 Å². The van der Waals surface area contributed by atoms with E-state index in [0.29, 0.717) is 23.9 Å². The fourth-order valence-electron chi connectivity index (χ4n) is 4.47. The number of sulfonamides is 1. The van der Waals surface area contributed by atoms with Gasteiger partial charge in [0.25, 0.3) is 5.91 Å². The molecule has 2 atom stereocenters. The van der Waals surface area contributed by atoms with Crippen molar-refractivity contribution in [1.82, 2.24) is 9.62 Å². The second-order valence-electron chi connectivity index (χ2n) is 9.07. The van der Waals surface area contributed by atoms with E-state index < -0.39 is 15.9 Å². The van der Waals surface area contributed by atoms with Gasteiger partial charge in [0.2, 0.25) is 15.9 Å². The predicted octanol–water partition coefficient (Wildman–Crippen LogP) is 3.05. The summed E-state index contributed by atoms with van der Waals surface area (Å²) in [5.41, 5.74) is 1.14. The van der Waals surface area contributed by atoms with Crippen LogP contribution in [0.15, 0.2) is 47.4 Å². The maximum absolute atomic E-state index is 13.4. The number of rotatable bonds is 6. The summed E-state index contributed by atoms with van der Waals surface area (Å²) in [6.07, 6.45) is 0.984. The Labute approximate surface area is 204 Å². The lowest BCUT2D eigenvalue weighted by Crippen LogP contribution is -2.45. The number of benzene rings is 2. The predicted molar refractivity (Wildman–Crippen MR) is 129 cm³/mol. The molecular formula is C24H28ClN3O5S. The van der Waals surface area contributed by atoms with Crippen molar-refractivity contribution in [1.29, 1.82) is 0 Å². The molecule has 2 aromatic carbocycles. The minimum absolute atomic E-state index is 0.0809. The van der Waals surface area contributed by atoms with Crippen LogP contribution in [0, 0.1) is 11.8 Å². The van der Waals surface area contributed by atoms with Crippen molar-refractivity contribution in [3.05, 3.63) is 53.1 Å². The zero-order valence-electron chi connectivity index (χ0n) is 19.2. The maximum atomic E-state index is 13.4. The van der Waals surface area contributed by atoms with E-state index in [2.05, 4.69) is 5.32 Å². The van der Waals surface area contributed by atoms with E-state index >= 15 is 0 Å². The lowest BCUT2D eigenvalue weighted by Gasteiger charge is -2.34. The lowest BCUT2D eigenvalue weighted by molar-refractivity contribution is -0.125. The van der Waals surface area contributed by atoms with E-state index in [-0.39, 0.29) is 48.0 Å². The molecule has 2 aliphatic heterocycles. The van der Waals surface area contributed by atoms with Crippen LogP contribution in [0.25, 0.3) is 0 Å². The van der Waals surface area contributed by atoms with Gasteiger partial charge in [-0.2, -0.15) is 4.31 Å². The second-order valence-corrected chi connectivity index (χ2v) is 11.4. The Morgan fingerprint density at radius 3 is 2.47 bits per heavy atom. The van der Waals surface area contributed by atoms with Gasteiger partial charge in [-0.25, -0.2) is 8.42 Å². The molecule has 0 bridgehead atoms. The maximum Gasteiger partial charge on any atom is 0.265 e. The summed E-state index contributed by atoms with van der Waals surface area (Å²) >= 11 is 5.89. The molecule has 2 amide bonds. The zero-order valence-corrected chi connectivity index (χ0v) is 20.7. The number of halogens is 1. The molecule has 8 nitrogen and oxygen atoms in total. The molecule has 0 aromatic heterocycles. The van der Waals surface area contributed by atoms with Crippen LogP contribution in [-0.2, 0) is 26.2 Å². The van der Waals surface area contributed by atoms with Crippen molar-refractivity contribution in [2.75, 3.05) is 31.1 Å². The van der Waals surface area contributed by atoms with Gasteiger partial charge in [0.15, 0.2) is 6.61 Å². The highest BCUT2D eigenvalue weighted by atomic mass is 35.5. The van der Waals surface area contributed by atoms with E-state index in [1.54, 1.807) is 30.3 Å². The Kier molecular flexibility index (Phi) is 7.16. The average molecular weight is 506 g/mol. The van der Waals surface area contributed by atoms with E-state index in [9.17, 15) is 18.0 Å². The number of nitrogens with zero attached hydrogens (tertiary/aromatic N) is 2. The summed E-state index contributed by atoms with van der Waals surface area (Å²) < 4.78 is 33.7. The van der Waals surface area contributed by atoms with Gasteiger partial charge in [-0.05, 0) is 54.2 Å². The van der Waals surface area contributed by atoms with Crippen LogP contribution in [0.1, 0.15) is 25.8 Å². The van der Waals surface area contributed by atoms with Crippen LogP contribution in [0.3, 0.4) is 0 Å². The van der Waals surface area contributed by atoms with Crippen LogP contribution in [-0.4, -0.2) is 50.8 Å². The number of carbonyl (C=O) groups is 2. The third-order valence-corrected chi connectivity index (χ3v) is 8.13. The van der Waals surface area contributed by atoms with Crippen molar-refractivity contribution in [3.63, 3.8) is 0 Å². The number of fused-ring (bicyclic) bond motifs is 1. The van der Waals surface area contributed by atoms with E-state index in [1.807, 2.05) is 13.8 Å². The van der Waals surface area contributed by atoms with Gasteiger partial charge in [-0.3, -0.25) is 14.5 Å². The van der Waals surface area contributed by atoms with Crippen molar-refractivity contribution in [2.24, 2.45) is 11.8 Å². The van der Waals surface area contributed by atoms with Crippen LogP contribution in [0.5, 0.6) is 5.75 Å². The molecule has 0 radical (unpaired) electrons. The Morgan fingerprint density at radius 2 is 1.79 bits per heavy atom. The van der Waals surface area contributed by atoms with Gasteiger partial charge in [0.05, 0.1) is 10.6 Å². The van der Waals surface area contributed by atoms with Crippen molar-refractivity contribution < 1.29 is 22.7 Å². The van der Waals surface area contributed by atoms with Crippen LogP contribution in [0.4, 0.5) is 5.69 Å². The Morgan fingerprint density at radius 1 is 1.12 bits per heavy atom. The van der Waals surface area contributed by atoms with Gasteiger partial charge >= 0.3 is 0 Å². The quantitative estimate of drug-likeness (QED) is 0.651. The molecule has 2 aromatic rings. The summed E-state index contributed by atoms with van der Waals surface area (Å²) in [7, 11) is -3.75. The molecule has 2 aliphatic rings. The number of ether oxygens (including phenoxy) is 1. The van der Waals surface area contributed by atoms with E-state index in [4.69, 9.17) is 16.3 Å². The second kappa shape index (κ2) is 9.93. The van der Waals surface area contributed by atoms with Crippen LogP contribution < -0.4 is 15.0 Å². The average Bonchev–Trinajstić information content (AvgIpc) is 2.79. The molecule has 0 unspecified atom stereocenters. The number of piperidine rings is 1. The highest BCUT2D eigenvalue weighted by Crippen LogP contribution is 2.36. The first-order valence-electron chi connectivity index (χ1n) is 11.2. The minimum atomic E-state index is -3.75. The summed E-state index contributed by atoms with van der Waals surface area (Å²) in [6, 6.07) is 11.5. The molecule has 2 heterocycles. The molecule has 1 N–H and O–H groups in total. The van der Waals surface area contributed by atoms with Crippen molar-refractivity contribution in [3.8, 4) is 5.75 Å². The highest BCUT2D eigenvalue weighted by molar-refractivity contribution is 7.89. The molecule has 34 heavy (non-hydrogen) atoms.